The first-order chi connectivity index (χ1) is 15.1. The van der Waals surface area contributed by atoms with E-state index in [9.17, 15) is 9.59 Å². The normalized spacial score (nSPS) is 26.2. The number of hydrogen-bond acceptors (Lipinski definition) is 5. The van der Waals surface area contributed by atoms with Crippen molar-refractivity contribution in [2.75, 3.05) is 59.6 Å². The SMILES string of the molecule is CN1CC(=O)N2CC[C@@H](CC(=O)N3CCOCC3)[C@@H](CCCOc3ccccc3C1)C2. The predicted octanol–water partition coefficient (Wildman–Crippen LogP) is 2.00. The number of nitrogens with zero attached hydrogens (tertiary/aromatic N) is 3. The molecule has 2 amide bonds. The molecule has 3 aliphatic rings. The summed E-state index contributed by atoms with van der Waals surface area (Å²) in [7, 11) is 1.99. The summed E-state index contributed by atoms with van der Waals surface area (Å²) in [4.78, 5) is 31.9. The summed E-state index contributed by atoms with van der Waals surface area (Å²) in [6, 6.07) is 8.09. The van der Waals surface area contributed by atoms with Gasteiger partial charge in [-0.05, 0) is 44.2 Å². The fourth-order valence-electron chi connectivity index (χ4n) is 5.05. The number of carbonyl (C=O) groups excluding carboxylic acids is 2. The Balaban J connectivity index is 1.44. The minimum absolute atomic E-state index is 0.183. The van der Waals surface area contributed by atoms with E-state index >= 15 is 0 Å². The fraction of sp³-hybridized carbons (Fsp3) is 0.667. The molecule has 1 aromatic rings. The summed E-state index contributed by atoms with van der Waals surface area (Å²) in [6.45, 7) is 5.91. The second kappa shape index (κ2) is 10.5. The average molecular weight is 430 g/mol. The summed E-state index contributed by atoms with van der Waals surface area (Å²) in [5.41, 5.74) is 1.11. The van der Waals surface area contributed by atoms with E-state index in [2.05, 4.69) is 11.0 Å². The van der Waals surface area contributed by atoms with Gasteiger partial charge in [-0.25, -0.2) is 0 Å². The van der Waals surface area contributed by atoms with E-state index in [-0.39, 0.29) is 11.8 Å². The molecule has 2 atom stereocenters. The Morgan fingerprint density at radius 2 is 1.87 bits per heavy atom. The third-order valence-corrected chi connectivity index (χ3v) is 6.84. The van der Waals surface area contributed by atoms with E-state index in [0.29, 0.717) is 64.3 Å². The Bertz CT molecular complexity index is 765. The van der Waals surface area contributed by atoms with Crippen molar-refractivity contribution >= 4 is 11.8 Å². The summed E-state index contributed by atoms with van der Waals surface area (Å²) >= 11 is 0. The zero-order valence-corrected chi connectivity index (χ0v) is 18.6. The number of carbonyl (C=O) groups is 2. The molecule has 2 fully saturated rings. The monoisotopic (exact) mass is 429 g/mol. The van der Waals surface area contributed by atoms with Gasteiger partial charge in [0.1, 0.15) is 5.75 Å². The average Bonchev–Trinajstić information content (AvgIpc) is 2.79. The summed E-state index contributed by atoms with van der Waals surface area (Å²) in [5.74, 6) is 1.99. The van der Waals surface area contributed by atoms with Crippen molar-refractivity contribution in [3.63, 3.8) is 0 Å². The van der Waals surface area contributed by atoms with Crippen molar-refractivity contribution in [1.29, 1.82) is 0 Å². The summed E-state index contributed by atoms with van der Waals surface area (Å²) in [5, 5.41) is 0. The third kappa shape index (κ3) is 5.77. The molecule has 170 valence electrons. The van der Waals surface area contributed by atoms with Crippen molar-refractivity contribution in [2.45, 2.75) is 32.2 Å². The third-order valence-electron chi connectivity index (χ3n) is 6.84. The van der Waals surface area contributed by atoms with Gasteiger partial charge in [-0.15, -0.1) is 0 Å². The van der Waals surface area contributed by atoms with Crippen molar-refractivity contribution in [1.82, 2.24) is 14.7 Å². The molecule has 0 unspecified atom stereocenters. The van der Waals surface area contributed by atoms with Crippen LogP contribution in [0.2, 0.25) is 0 Å². The Hall–Kier alpha value is -2.12. The first-order valence-corrected chi connectivity index (χ1v) is 11.6. The molecule has 0 aliphatic carbocycles. The number of ether oxygens (including phenoxy) is 2. The number of amides is 2. The minimum Gasteiger partial charge on any atom is -0.493 e. The van der Waals surface area contributed by atoms with Crippen LogP contribution in [0.25, 0.3) is 0 Å². The number of benzene rings is 1. The first-order valence-electron chi connectivity index (χ1n) is 11.6. The highest BCUT2D eigenvalue weighted by atomic mass is 16.5. The van der Waals surface area contributed by atoms with E-state index in [4.69, 9.17) is 9.47 Å². The lowest BCUT2D eigenvalue weighted by atomic mass is 9.80. The topological polar surface area (TPSA) is 62.3 Å². The van der Waals surface area contributed by atoms with Crippen molar-refractivity contribution in [3.8, 4) is 5.75 Å². The van der Waals surface area contributed by atoms with Gasteiger partial charge in [0, 0.05) is 44.7 Å². The Morgan fingerprint density at radius 3 is 2.71 bits per heavy atom. The molecule has 0 radical (unpaired) electrons. The van der Waals surface area contributed by atoms with Crippen LogP contribution in [0, 0.1) is 11.8 Å². The van der Waals surface area contributed by atoms with Gasteiger partial charge < -0.3 is 19.3 Å². The van der Waals surface area contributed by atoms with Gasteiger partial charge in [-0.3, -0.25) is 14.5 Å². The highest BCUT2D eigenvalue weighted by Crippen LogP contribution is 2.31. The number of para-hydroxylation sites is 1. The van der Waals surface area contributed by atoms with Gasteiger partial charge in [-0.2, -0.15) is 0 Å². The lowest BCUT2D eigenvalue weighted by molar-refractivity contribution is -0.138. The molecule has 2 bridgehead atoms. The lowest BCUT2D eigenvalue weighted by Gasteiger charge is -2.40. The second-order valence-corrected chi connectivity index (χ2v) is 9.12. The number of piperidine rings is 1. The molecule has 0 saturated carbocycles. The molecule has 7 heteroatoms. The number of likely N-dealkylation sites (N-methyl/N-ethyl adjacent to an activating group) is 1. The molecule has 7 nitrogen and oxygen atoms in total. The Morgan fingerprint density at radius 1 is 1.06 bits per heavy atom. The number of fused-ring (bicyclic) bond motifs is 3. The summed E-state index contributed by atoms with van der Waals surface area (Å²) < 4.78 is 11.5. The first kappa shape index (κ1) is 22.1. The molecule has 0 aromatic heterocycles. The van der Waals surface area contributed by atoms with Gasteiger partial charge in [0.05, 0.1) is 26.4 Å². The van der Waals surface area contributed by atoms with Crippen LogP contribution in [0.5, 0.6) is 5.75 Å². The molecule has 3 aliphatic heterocycles. The number of rotatable bonds is 2. The van der Waals surface area contributed by atoms with Gasteiger partial charge in [-0.1, -0.05) is 18.2 Å². The molecule has 2 saturated heterocycles. The standard InChI is InChI=1S/C24H35N3O4/c1-25-16-21-5-2-3-7-22(21)31-12-4-6-20-17-27(24(29)18-25)9-8-19(20)15-23(28)26-10-13-30-14-11-26/h2-3,5,7,19-20H,4,6,8-18H2,1H3/t19-,20-/m0/s1. The molecule has 0 spiro atoms. The van der Waals surface area contributed by atoms with Crippen molar-refractivity contribution < 1.29 is 19.1 Å². The molecular weight excluding hydrogens is 394 g/mol. The van der Waals surface area contributed by atoms with Crippen molar-refractivity contribution in [2.24, 2.45) is 11.8 Å². The highest BCUT2D eigenvalue weighted by molar-refractivity contribution is 5.79. The second-order valence-electron chi connectivity index (χ2n) is 9.12. The maximum atomic E-state index is 13.0. The van der Waals surface area contributed by atoms with E-state index in [1.165, 1.54) is 0 Å². The van der Waals surface area contributed by atoms with Gasteiger partial charge in [0.15, 0.2) is 0 Å². The van der Waals surface area contributed by atoms with Crippen LogP contribution in [-0.2, 0) is 20.9 Å². The van der Waals surface area contributed by atoms with E-state index in [0.717, 1.165) is 43.7 Å². The van der Waals surface area contributed by atoms with E-state index < -0.39 is 0 Å². The largest absolute Gasteiger partial charge is 0.493 e. The van der Waals surface area contributed by atoms with Crippen LogP contribution >= 0.6 is 0 Å². The summed E-state index contributed by atoms with van der Waals surface area (Å²) in [6.07, 6.45) is 3.38. The molecular formula is C24H35N3O4. The maximum Gasteiger partial charge on any atom is 0.236 e. The predicted molar refractivity (Wildman–Crippen MR) is 118 cm³/mol. The van der Waals surface area contributed by atoms with Crippen LogP contribution in [0.1, 0.15) is 31.2 Å². The molecule has 0 N–H and O–H groups in total. The van der Waals surface area contributed by atoms with Crippen LogP contribution in [-0.4, -0.2) is 86.1 Å². The van der Waals surface area contributed by atoms with Crippen LogP contribution < -0.4 is 4.74 Å². The Kier molecular flexibility index (Phi) is 7.45. The van der Waals surface area contributed by atoms with Gasteiger partial charge >= 0.3 is 0 Å². The number of morpholine rings is 1. The molecule has 3 heterocycles. The van der Waals surface area contributed by atoms with Crippen molar-refractivity contribution in [3.05, 3.63) is 29.8 Å². The van der Waals surface area contributed by atoms with E-state index in [1.54, 1.807) is 0 Å². The smallest absolute Gasteiger partial charge is 0.236 e. The maximum absolute atomic E-state index is 13.0. The van der Waals surface area contributed by atoms with Crippen LogP contribution in [0.15, 0.2) is 24.3 Å². The van der Waals surface area contributed by atoms with Gasteiger partial charge in [0.2, 0.25) is 11.8 Å². The Labute approximate surface area is 185 Å². The zero-order chi connectivity index (χ0) is 21.6. The fourth-order valence-corrected chi connectivity index (χ4v) is 5.05. The highest BCUT2D eigenvalue weighted by Gasteiger charge is 2.34. The molecule has 31 heavy (non-hydrogen) atoms. The lowest BCUT2D eigenvalue weighted by Crippen LogP contribution is -2.48. The molecule has 4 rings (SSSR count). The number of hydrogen-bond donors (Lipinski definition) is 0. The minimum atomic E-state index is 0.183. The van der Waals surface area contributed by atoms with Crippen LogP contribution in [0.3, 0.4) is 0 Å². The zero-order valence-electron chi connectivity index (χ0n) is 18.6. The molecule has 1 aromatic carbocycles. The quantitative estimate of drug-likeness (QED) is 0.720. The van der Waals surface area contributed by atoms with Gasteiger partial charge in [0.25, 0.3) is 0 Å². The van der Waals surface area contributed by atoms with Crippen LogP contribution in [0.4, 0.5) is 0 Å². The van der Waals surface area contributed by atoms with E-state index in [1.807, 2.05) is 35.0 Å².